The lowest BCUT2D eigenvalue weighted by Gasteiger charge is -2.09. The van der Waals surface area contributed by atoms with Crippen molar-refractivity contribution < 1.29 is 9.13 Å². The average Bonchev–Trinajstić information content (AvgIpc) is 2.36. The summed E-state index contributed by atoms with van der Waals surface area (Å²) in [5.74, 6) is 0.258. The second-order valence-electron chi connectivity index (χ2n) is 4.02. The van der Waals surface area contributed by atoms with E-state index in [1.165, 1.54) is 6.07 Å². The van der Waals surface area contributed by atoms with Gasteiger partial charge in [0.05, 0.1) is 0 Å². The fourth-order valence-electron chi connectivity index (χ4n) is 1.65. The number of ether oxygens (including phenoxy) is 1. The summed E-state index contributed by atoms with van der Waals surface area (Å²) in [6.45, 7) is 0.451. The Morgan fingerprint density at radius 1 is 1.05 bits per heavy atom. The summed E-state index contributed by atoms with van der Waals surface area (Å²) >= 11 is 11.7. The van der Waals surface area contributed by atoms with Crippen molar-refractivity contribution >= 4 is 23.2 Å². The smallest absolute Gasteiger partial charge is 0.127 e. The van der Waals surface area contributed by atoms with E-state index in [9.17, 15) is 4.39 Å². The Bertz CT molecular complexity index is 569. The minimum Gasteiger partial charge on any atom is -0.489 e. The number of benzene rings is 2. The zero-order valence-corrected chi connectivity index (χ0v) is 11.5. The van der Waals surface area contributed by atoms with Crippen molar-refractivity contribution in [1.29, 1.82) is 0 Å². The molecule has 0 amide bonds. The third-order valence-corrected chi connectivity index (χ3v) is 3.01. The van der Waals surface area contributed by atoms with E-state index in [1.807, 2.05) is 0 Å². The molecule has 0 aliphatic heterocycles. The molecule has 100 valence electrons. The van der Waals surface area contributed by atoms with Gasteiger partial charge in [-0.3, -0.25) is 0 Å². The van der Waals surface area contributed by atoms with E-state index in [2.05, 4.69) is 0 Å². The number of rotatable bonds is 4. The Kier molecular flexibility index (Phi) is 4.64. The molecule has 0 saturated heterocycles. The highest BCUT2D eigenvalue weighted by Gasteiger charge is 2.04. The fourth-order valence-corrected chi connectivity index (χ4v) is 2.16. The normalized spacial score (nSPS) is 10.5. The molecule has 2 nitrogen and oxygen atoms in total. The van der Waals surface area contributed by atoms with Gasteiger partial charge in [-0.2, -0.15) is 0 Å². The largest absolute Gasteiger partial charge is 0.489 e. The molecule has 0 unspecified atom stereocenters. The van der Waals surface area contributed by atoms with Gasteiger partial charge >= 0.3 is 0 Å². The van der Waals surface area contributed by atoms with E-state index in [0.717, 1.165) is 5.56 Å². The van der Waals surface area contributed by atoms with E-state index in [1.54, 1.807) is 30.3 Å². The Hall–Kier alpha value is -1.29. The standard InChI is InChI=1S/C14H12Cl2FNO/c15-11-4-12(16)6-13(5-11)19-8-9-1-2-14(17)10(3-9)7-18/h1-6H,7-8,18H2. The van der Waals surface area contributed by atoms with E-state index in [0.29, 0.717) is 28.0 Å². The minimum absolute atomic E-state index is 0.155. The lowest BCUT2D eigenvalue weighted by Crippen LogP contribution is -2.02. The Labute approximate surface area is 120 Å². The first-order valence-electron chi connectivity index (χ1n) is 5.65. The van der Waals surface area contributed by atoms with Crippen molar-refractivity contribution in [1.82, 2.24) is 0 Å². The highest BCUT2D eigenvalue weighted by molar-refractivity contribution is 6.34. The molecule has 0 spiro atoms. The number of hydrogen-bond donors (Lipinski definition) is 1. The van der Waals surface area contributed by atoms with Gasteiger partial charge in [0.2, 0.25) is 0 Å². The van der Waals surface area contributed by atoms with Crippen LogP contribution < -0.4 is 10.5 Å². The maximum atomic E-state index is 13.3. The fraction of sp³-hybridized carbons (Fsp3) is 0.143. The van der Waals surface area contributed by atoms with Crippen LogP contribution in [0.2, 0.25) is 10.0 Å². The van der Waals surface area contributed by atoms with Crippen molar-refractivity contribution in [2.45, 2.75) is 13.2 Å². The molecule has 2 N–H and O–H groups in total. The molecule has 0 aliphatic carbocycles. The van der Waals surface area contributed by atoms with E-state index in [-0.39, 0.29) is 12.4 Å². The lowest BCUT2D eigenvalue weighted by atomic mass is 10.1. The van der Waals surface area contributed by atoms with Crippen LogP contribution in [0.15, 0.2) is 36.4 Å². The van der Waals surface area contributed by atoms with Crippen molar-refractivity contribution in [2.24, 2.45) is 5.73 Å². The Balaban J connectivity index is 2.10. The summed E-state index contributed by atoms with van der Waals surface area (Å²) in [4.78, 5) is 0. The van der Waals surface area contributed by atoms with Crippen LogP contribution in [-0.2, 0) is 13.2 Å². The third kappa shape index (κ3) is 3.83. The molecule has 0 saturated carbocycles. The highest BCUT2D eigenvalue weighted by atomic mass is 35.5. The predicted octanol–water partition coefficient (Wildman–Crippen LogP) is 4.17. The molecular formula is C14H12Cl2FNO. The zero-order valence-electron chi connectivity index (χ0n) is 10.00. The first-order valence-corrected chi connectivity index (χ1v) is 6.40. The molecule has 0 heterocycles. The first kappa shape index (κ1) is 14.1. The third-order valence-electron chi connectivity index (χ3n) is 2.57. The quantitative estimate of drug-likeness (QED) is 0.919. The SMILES string of the molecule is NCc1cc(COc2cc(Cl)cc(Cl)c2)ccc1F. The van der Waals surface area contributed by atoms with Gasteiger partial charge in [0.1, 0.15) is 18.2 Å². The number of hydrogen-bond acceptors (Lipinski definition) is 2. The summed E-state index contributed by atoms with van der Waals surface area (Å²) in [7, 11) is 0. The molecule has 0 atom stereocenters. The van der Waals surface area contributed by atoms with Crippen molar-refractivity contribution in [2.75, 3.05) is 0 Å². The van der Waals surface area contributed by atoms with Crippen LogP contribution in [0.25, 0.3) is 0 Å². The maximum absolute atomic E-state index is 13.3. The van der Waals surface area contributed by atoms with Crippen LogP contribution in [-0.4, -0.2) is 0 Å². The van der Waals surface area contributed by atoms with Gasteiger partial charge in [-0.25, -0.2) is 4.39 Å². The van der Waals surface area contributed by atoms with Gasteiger partial charge in [-0.05, 0) is 35.9 Å². The van der Waals surface area contributed by atoms with Crippen molar-refractivity contribution in [3.8, 4) is 5.75 Å². The van der Waals surface area contributed by atoms with Crippen LogP contribution in [0.5, 0.6) is 5.75 Å². The summed E-state index contributed by atoms with van der Waals surface area (Å²) in [5, 5.41) is 1.01. The summed E-state index contributed by atoms with van der Waals surface area (Å²) in [6.07, 6.45) is 0. The number of nitrogens with two attached hydrogens (primary N) is 1. The maximum Gasteiger partial charge on any atom is 0.127 e. The average molecular weight is 300 g/mol. The zero-order chi connectivity index (χ0) is 13.8. The minimum atomic E-state index is -0.308. The molecule has 0 aliphatic rings. The molecule has 2 aromatic rings. The van der Waals surface area contributed by atoms with Gasteiger partial charge in [-0.15, -0.1) is 0 Å². The van der Waals surface area contributed by atoms with E-state index < -0.39 is 0 Å². The molecule has 2 rings (SSSR count). The lowest BCUT2D eigenvalue weighted by molar-refractivity contribution is 0.306. The van der Waals surface area contributed by atoms with Gasteiger partial charge in [0.15, 0.2) is 0 Å². The number of halogens is 3. The van der Waals surface area contributed by atoms with Crippen molar-refractivity contribution in [3.05, 3.63) is 63.4 Å². The first-order chi connectivity index (χ1) is 9.08. The van der Waals surface area contributed by atoms with Gasteiger partial charge in [0.25, 0.3) is 0 Å². The molecular weight excluding hydrogens is 288 g/mol. The van der Waals surface area contributed by atoms with Gasteiger partial charge in [0, 0.05) is 22.2 Å². The Morgan fingerprint density at radius 2 is 1.74 bits per heavy atom. The Morgan fingerprint density at radius 3 is 2.37 bits per heavy atom. The van der Waals surface area contributed by atoms with Crippen molar-refractivity contribution in [3.63, 3.8) is 0 Å². The van der Waals surface area contributed by atoms with Crippen LogP contribution >= 0.6 is 23.2 Å². The molecule has 19 heavy (non-hydrogen) atoms. The molecule has 0 radical (unpaired) electrons. The topological polar surface area (TPSA) is 35.2 Å². The molecule has 5 heteroatoms. The second-order valence-corrected chi connectivity index (χ2v) is 4.90. The van der Waals surface area contributed by atoms with Crippen LogP contribution in [0.3, 0.4) is 0 Å². The van der Waals surface area contributed by atoms with Crippen LogP contribution in [0, 0.1) is 5.82 Å². The van der Waals surface area contributed by atoms with Gasteiger partial charge < -0.3 is 10.5 Å². The summed E-state index contributed by atoms with van der Waals surface area (Å²) < 4.78 is 18.8. The molecule has 0 aromatic heterocycles. The second kappa shape index (κ2) is 6.24. The highest BCUT2D eigenvalue weighted by Crippen LogP contribution is 2.25. The molecule has 2 aromatic carbocycles. The monoisotopic (exact) mass is 299 g/mol. The van der Waals surface area contributed by atoms with E-state index in [4.69, 9.17) is 33.7 Å². The summed E-state index contributed by atoms with van der Waals surface area (Å²) in [6, 6.07) is 9.68. The molecule has 0 fully saturated rings. The van der Waals surface area contributed by atoms with Crippen LogP contribution in [0.4, 0.5) is 4.39 Å². The van der Waals surface area contributed by atoms with Crippen LogP contribution in [0.1, 0.15) is 11.1 Å². The predicted molar refractivity (Wildman–Crippen MR) is 75.1 cm³/mol. The summed E-state index contributed by atoms with van der Waals surface area (Å²) in [5.41, 5.74) is 6.75. The molecule has 0 bridgehead atoms. The van der Waals surface area contributed by atoms with E-state index >= 15 is 0 Å². The van der Waals surface area contributed by atoms with Gasteiger partial charge in [-0.1, -0.05) is 29.3 Å².